The fraction of sp³-hybridized carbons (Fsp3) is 0.100. The van der Waals surface area contributed by atoms with E-state index >= 15 is 0 Å². The summed E-state index contributed by atoms with van der Waals surface area (Å²) in [6.45, 7) is 0. The van der Waals surface area contributed by atoms with Crippen molar-refractivity contribution in [3.63, 3.8) is 0 Å². The van der Waals surface area contributed by atoms with Gasteiger partial charge < -0.3 is 5.73 Å². The predicted octanol–water partition coefficient (Wildman–Crippen LogP) is 2.93. The van der Waals surface area contributed by atoms with Crippen molar-refractivity contribution in [3.8, 4) is 0 Å². The lowest BCUT2D eigenvalue weighted by Gasteiger charge is -2.05. The van der Waals surface area contributed by atoms with Crippen molar-refractivity contribution in [1.29, 1.82) is 0 Å². The zero-order chi connectivity index (χ0) is 12.3. The van der Waals surface area contributed by atoms with Gasteiger partial charge in [0.15, 0.2) is 5.78 Å². The van der Waals surface area contributed by atoms with Gasteiger partial charge in [0, 0.05) is 16.7 Å². The van der Waals surface area contributed by atoms with Crippen LogP contribution < -0.4 is 5.73 Å². The number of carbonyl (C=O) groups excluding carboxylic acids is 1. The Labute approximate surface area is 94.5 Å². The smallest absolute Gasteiger partial charge is 0.395 e. The number of carbonyl (C=O) groups is 1. The molecule has 86 valence electrons. The number of ketones is 1. The first-order valence-corrected chi connectivity index (χ1v) is 4.53. The average Bonchev–Trinajstić information content (AvgIpc) is 2.17. The highest BCUT2D eigenvalue weighted by Gasteiger charge is 2.32. The van der Waals surface area contributed by atoms with E-state index in [1.165, 1.54) is 24.3 Å². The Kier molecular flexibility index (Phi) is 3.59. The maximum absolute atomic E-state index is 12.0. The molecular formula is C10H7ClF3NO. The SMILES string of the molecule is N/C(=C/C(=O)c1ccc(Cl)cc1)C(F)(F)F. The van der Waals surface area contributed by atoms with Gasteiger partial charge >= 0.3 is 6.18 Å². The first kappa shape index (κ1) is 12.6. The van der Waals surface area contributed by atoms with Gasteiger partial charge in [0.1, 0.15) is 5.70 Å². The van der Waals surface area contributed by atoms with Crippen LogP contribution in [0.15, 0.2) is 36.0 Å². The van der Waals surface area contributed by atoms with Crippen molar-refractivity contribution in [2.24, 2.45) is 5.73 Å². The number of alkyl halides is 3. The summed E-state index contributed by atoms with van der Waals surface area (Å²) in [6.07, 6.45) is -4.34. The van der Waals surface area contributed by atoms with E-state index in [4.69, 9.17) is 17.3 Å². The molecule has 0 unspecified atom stereocenters. The van der Waals surface area contributed by atoms with Crippen LogP contribution in [0.25, 0.3) is 0 Å². The molecule has 0 fully saturated rings. The Morgan fingerprint density at radius 1 is 1.25 bits per heavy atom. The minimum Gasteiger partial charge on any atom is -0.395 e. The lowest BCUT2D eigenvalue weighted by Crippen LogP contribution is -2.20. The third-order valence-corrected chi connectivity index (χ3v) is 1.99. The van der Waals surface area contributed by atoms with Crippen LogP contribution in [0, 0.1) is 0 Å². The Morgan fingerprint density at radius 3 is 2.19 bits per heavy atom. The van der Waals surface area contributed by atoms with E-state index in [9.17, 15) is 18.0 Å². The van der Waals surface area contributed by atoms with E-state index in [0.29, 0.717) is 11.1 Å². The van der Waals surface area contributed by atoms with E-state index < -0.39 is 17.7 Å². The molecule has 0 amide bonds. The van der Waals surface area contributed by atoms with Gasteiger partial charge in [-0.1, -0.05) is 11.6 Å². The standard InChI is InChI=1S/C10H7ClF3NO/c11-7-3-1-6(2-4-7)8(16)5-9(15)10(12,13)14/h1-5H,15H2/b9-5+. The van der Waals surface area contributed by atoms with Crippen LogP contribution >= 0.6 is 11.6 Å². The van der Waals surface area contributed by atoms with Gasteiger partial charge in [0.2, 0.25) is 0 Å². The molecular weight excluding hydrogens is 243 g/mol. The van der Waals surface area contributed by atoms with Gasteiger partial charge in [0.05, 0.1) is 0 Å². The minimum atomic E-state index is -4.69. The third-order valence-electron chi connectivity index (χ3n) is 1.74. The molecule has 2 nitrogen and oxygen atoms in total. The van der Waals surface area contributed by atoms with Crippen LogP contribution in [0.5, 0.6) is 0 Å². The van der Waals surface area contributed by atoms with E-state index in [-0.39, 0.29) is 5.56 Å². The summed E-state index contributed by atoms with van der Waals surface area (Å²) in [5.41, 5.74) is 3.38. The van der Waals surface area contributed by atoms with Gasteiger partial charge in [-0.3, -0.25) is 4.79 Å². The highest BCUT2D eigenvalue weighted by molar-refractivity contribution is 6.30. The average molecular weight is 250 g/mol. The van der Waals surface area contributed by atoms with Crippen LogP contribution in [0.3, 0.4) is 0 Å². The van der Waals surface area contributed by atoms with Crippen molar-refractivity contribution in [1.82, 2.24) is 0 Å². The molecule has 0 atom stereocenters. The highest BCUT2D eigenvalue weighted by Crippen LogP contribution is 2.21. The van der Waals surface area contributed by atoms with Gasteiger partial charge in [-0.05, 0) is 24.3 Å². The van der Waals surface area contributed by atoms with Gasteiger partial charge in [-0.2, -0.15) is 13.2 Å². The minimum absolute atomic E-state index is 0.0941. The molecule has 6 heteroatoms. The van der Waals surface area contributed by atoms with Crippen LogP contribution in [0.1, 0.15) is 10.4 Å². The lowest BCUT2D eigenvalue weighted by atomic mass is 10.1. The maximum atomic E-state index is 12.0. The van der Waals surface area contributed by atoms with Crippen LogP contribution in [0.4, 0.5) is 13.2 Å². The van der Waals surface area contributed by atoms with Crippen molar-refractivity contribution in [3.05, 3.63) is 46.6 Å². The highest BCUT2D eigenvalue weighted by atomic mass is 35.5. The molecule has 0 radical (unpaired) electrons. The number of hydrogen-bond acceptors (Lipinski definition) is 2. The molecule has 0 saturated carbocycles. The Morgan fingerprint density at radius 2 is 1.75 bits per heavy atom. The normalized spacial score (nSPS) is 12.6. The summed E-state index contributed by atoms with van der Waals surface area (Å²) in [6, 6.07) is 5.47. The number of halogens is 4. The van der Waals surface area contributed by atoms with Crippen molar-refractivity contribution >= 4 is 17.4 Å². The summed E-state index contributed by atoms with van der Waals surface area (Å²) in [7, 11) is 0. The van der Waals surface area contributed by atoms with E-state index in [2.05, 4.69) is 0 Å². The molecule has 0 heterocycles. The zero-order valence-electron chi connectivity index (χ0n) is 7.88. The van der Waals surface area contributed by atoms with Gasteiger partial charge in [-0.15, -0.1) is 0 Å². The summed E-state index contributed by atoms with van der Waals surface area (Å²) in [5, 5.41) is 0.393. The first-order valence-electron chi connectivity index (χ1n) is 4.15. The molecule has 0 aliphatic heterocycles. The maximum Gasteiger partial charge on any atom is 0.430 e. The Bertz CT molecular complexity index is 423. The Hall–Kier alpha value is -1.49. The number of benzene rings is 1. The number of allylic oxidation sites excluding steroid dienone is 2. The quantitative estimate of drug-likeness (QED) is 0.647. The molecule has 0 spiro atoms. The molecule has 2 N–H and O–H groups in total. The number of nitrogens with two attached hydrogens (primary N) is 1. The molecule has 0 saturated heterocycles. The summed E-state index contributed by atoms with van der Waals surface area (Å²) >= 11 is 5.56. The monoisotopic (exact) mass is 249 g/mol. The first-order chi connectivity index (χ1) is 7.30. The van der Waals surface area contributed by atoms with Gasteiger partial charge in [0.25, 0.3) is 0 Å². The van der Waals surface area contributed by atoms with Gasteiger partial charge in [-0.25, -0.2) is 0 Å². The second-order valence-corrected chi connectivity index (χ2v) is 3.41. The number of rotatable bonds is 2. The fourth-order valence-electron chi connectivity index (χ4n) is 0.921. The topological polar surface area (TPSA) is 43.1 Å². The molecule has 0 bridgehead atoms. The largest absolute Gasteiger partial charge is 0.430 e. The van der Waals surface area contributed by atoms with Crippen LogP contribution in [0.2, 0.25) is 5.02 Å². The second-order valence-electron chi connectivity index (χ2n) is 2.97. The van der Waals surface area contributed by atoms with Crippen molar-refractivity contribution in [2.75, 3.05) is 0 Å². The molecule has 16 heavy (non-hydrogen) atoms. The molecule has 0 aromatic heterocycles. The second kappa shape index (κ2) is 4.57. The third kappa shape index (κ3) is 3.27. The molecule has 1 rings (SSSR count). The predicted molar refractivity (Wildman–Crippen MR) is 54.1 cm³/mol. The van der Waals surface area contributed by atoms with Crippen molar-refractivity contribution in [2.45, 2.75) is 6.18 Å². The zero-order valence-corrected chi connectivity index (χ0v) is 8.64. The molecule has 1 aromatic rings. The fourth-order valence-corrected chi connectivity index (χ4v) is 1.05. The van der Waals surface area contributed by atoms with E-state index in [0.717, 1.165) is 0 Å². The van der Waals surface area contributed by atoms with Crippen LogP contribution in [-0.4, -0.2) is 12.0 Å². The molecule has 1 aromatic carbocycles. The van der Waals surface area contributed by atoms with Crippen LogP contribution in [-0.2, 0) is 0 Å². The lowest BCUT2D eigenvalue weighted by molar-refractivity contribution is -0.0927. The van der Waals surface area contributed by atoms with E-state index in [1.807, 2.05) is 0 Å². The summed E-state index contributed by atoms with van der Waals surface area (Å²) < 4.78 is 36.1. The molecule has 0 aliphatic rings. The summed E-state index contributed by atoms with van der Waals surface area (Å²) in [5.74, 6) is -0.813. The Balaban J connectivity index is 2.92. The van der Waals surface area contributed by atoms with Crippen molar-refractivity contribution < 1.29 is 18.0 Å². The summed E-state index contributed by atoms with van der Waals surface area (Å²) in [4.78, 5) is 11.3. The number of hydrogen-bond donors (Lipinski definition) is 1. The van der Waals surface area contributed by atoms with E-state index in [1.54, 1.807) is 0 Å². The molecule has 0 aliphatic carbocycles.